The van der Waals surface area contributed by atoms with Crippen molar-refractivity contribution in [2.75, 3.05) is 11.9 Å². The molecule has 0 fully saturated rings. The van der Waals surface area contributed by atoms with E-state index in [4.69, 9.17) is 5.11 Å². The fraction of sp³-hybridized carbons (Fsp3) is 0.571. The lowest BCUT2D eigenvalue weighted by Crippen LogP contribution is -2.35. The van der Waals surface area contributed by atoms with Crippen LogP contribution in [0.25, 0.3) is 0 Å². The number of hydrogen-bond acceptors (Lipinski definition) is 5. The van der Waals surface area contributed by atoms with Crippen LogP contribution in [-0.4, -0.2) is 33.5 Å². The number of rotatable bonds is 3. The molecule has 90 valence electrons. The van der Waals surface area contributed by atoms with Crippen LogP contribution in [0.3, 0.4) is 0 Å². The van der Waals surface area contributed by atoms with Crippen LogP contribution in [0.2, 0.25) is 0 Å². The topological polar surface area (TPSA) is 66.3 Å². The normalized spacial score (nSPS) is 13.6. The predicted octanol–water partition coefficient (Wildman–Crippen LogP) is 1.47. The highest BCUT2D eigenvalue weighted by Gasteiger charge is 2.36. The Hall–Kier alpha value is -1.38. The van der Waals surface area contributed by atoms with E-state index in [0.29, 0.717) is 11.5 Å². The minimum Gasteiger partial charge on any atom is -0.480 e. The molecule has 16 heavy (non-hydrogen) atoms. The summed E-state index contributed by atoms with van der Waals surface area (Å²) < 4.78 is 39.6. The Morgan fingerprint density at radius 3 is 2.50 bits per heavy atom. The molecule has 0 amide bonds. The van der Waals surface area contributed by atoms with Crippen molar-refractivity contribution >= 4 is 22.6 Å². The van der Waals surface area contributed by atoms with Gasteiger partial charge in [0.05, 0.1) is 0 Å². The van der Waals surface area contributed by atoms with Gasteiger partial charge < -0.3 is 10.0 Å². The van der Waals surface area contributed by atoms with Crippen LogP contribution in [0.1, 0.15) is 12.7 Å². The van der Waals surface area contributed by atoms with Gasteiger partial charge in [-0.05, 0) is 6.92 Å². The van der Waals surface area contributed by atoms with E-state index in [1.54, 1.807) is 0 Å². The summed E-state index contributed by atoms with van der Waals surface area (Å²) in [6.45, 7) is 1.34. The number of halogens is 3. The van der Waals surface area contributed by atoms with Crippen LogP contribution in [-0.2, 0) is 11.0 Å². The number of carboxylic acid groups (broad SMARTS) is 1. The van der Waals surface area contributed by atoms with Crippen molar-refractivity contribution in [1.29, 1.82) is 0 Å². The molecule has 1 rings (SSSR count). The van der Waals surface area contributed by atoms with Gasteiger partial charge in [0.15, 0.2) is 0 Å². The number of carbonyl (C=O) groups is 1. The van der Waals surface area contributed by atoms with Gasteiger partial charge in [-0.15, -0.1) is 0 Å². The quantitative estimate of drug-likeness (QED) is 0.885. The fourth-order valence-corrected chi connectivity index (χ4v) is 1.53. The van der Waals surface area contributed by atoms with E-state index in [2.05, 4.69) is 9.36 Å². The summed E-state index contributed by atoms with van der Waals surface area (Å²) in [5.74, 6) is -2.40. The first-order chi connectivity index (χ1) is 7.23. The van der Waals surface area contributed by atoms with Crippen molar-refractivity contribution in [3.05, 3.63) is 5.82 Å². The largest absolute Gasteiger partial charge is 0.480 e. The van der Waals surface area contributed by atoms with Crippen LogP contribution >= 0.6 is 11.5 Å². The maximum atomic E-state index is 12.2. The minimum absolute atomic E-state index is 0.0813. The van der Waals surface area contributed by atoms with Gasteiger partial charge in [-0.1, -0.05) is 0 Å². The van der Waals surface area contributed by atoms with Crippen LogP contribution in [0.5, 0.6) is 0 Å². The van der Waals surface area contributed by atoms with Crippen molar-refractivity contribution in [2.24, 2.45) is 0 Å². The standard InChI is InChI=1S/C7H8F3N3O2S/c1-3(4(14)15)13(2)6-11-5(12-16-6)7(8,9)10/h3H,1-2H3,(H,14,15). The molecule has 0 saturated heterocycles. The molecule has 0 spiro atoms. The minimum atomic E-state index is -4.61. The number of alkyl halides is 3. The average molecular weight is 255 g/mol. The Labute approximate surface area is 92.7 Å². The summed E-state index contributed by atoms with van der Waals surface area (Å²) in [6, 6.07) is -0.964. The van der Waals surface area contributed by atoms with Crippen LogP contribution < -0.4 is 4.90 Å². The van der Waals surface area contributed by atoms with Gasteiger partial charge in [0, 0.05) is 18.6 Å². The number of anilines is 1. The molecule has 1 N–H and O–H groups in total. The first kappa shape index (κ1) is 12.7. The maximum absolute atomic E-state index is 12.2. The lowest BCUT2D eigenvalue weighted by atomic mass is 10.3. The second-order valence-corrected chi connectivity index (χ2v) is 3.75. The molecule has 0 aliphatic heterocycles. The number of likely N-dealkylation sites (N-methyl/N-ethyl adjacent to an activating group) is 1. The summed E-state index contributed by atoms with van der Waals surface area (Å²) in [7, 11) is 1.35. The fourth-order valence-electron chi connectivity index (χ4n) is 0.805. The number of carboxylic acids is 1. The molecule has 5 nitrogen and oxygen atoms in total. The molecule has 1 aromatic rings. The lowest BCUT2D eigenvalue weighted by Gasteiger charge is -2.19. The van der Waals surface area contributed by atoms with E-state index in [-0.39, 0.29) is 5.13 Å². The highest BCUT2D eigenvalue weighted by molar-refractivity contribution is 7.09. The smallest absolute Gasteiger partial charge is 0.452 e. The van der Waals surface area contributed by atoms with E-state index in [9.17, 15) is 18.0 Å². The van der Waals surface area contributed by atoms with Crippen molar-refractivity contribution in [3.63, 3.8) is 0 Å². The molecule has 1 atom stereocenters. The molecule has 0 aliphatic rings. The summed E-state index contributed by atoms with van der Waals surface area (Å²) in [6.07, 6.45) is -4.61. The van der Waals surface area contributed by atoms with Gasteiger partial charge in [0.1, 0.15) is 6.04 Å². The number of aromatic nitrogens is 2. The zero-order valence-electron chi connectivity index (χ0n) is 8.32. The molecule has 1 heterocycles. The first-order valence-electron chi connectivity index (χ1n) is 4.10. The zero-order chi connectivity index (χ0) is 12.5. The van der Waals surface area contributed by atoms with Crippen molar-refractivity contribution in [3.8, 4) is 0 Å². The van der Waals surface area contributed by atoms with Crippen LogP contribution in [0.15, 0.2) is 0 Å². The number of nitrogens with zero attached hydrogens (tertiary/aromatic N) is 3. The first-order valence-corrected chi connectivity index (χ1v) is 4.87. The summed E-state index contributed by atoms with van der Waals surface area (Å²) in [5, 5.41) is 8.59. The van der Waals surface area contributed by atoms with Crippen molar-refractivity contribution < 1.29 is 23.1 Å². The Morgan fingerprint density at radius 2 is 2.12 bits per heavy atom. The maximum Gasteiger partial charge on any atom is 0.452 e. The van der Waals surface area contributed by atoms with E-state index >= 15 is 0 Å². The highest BCUT2D eigenvalue weighted by Crippen LogP contribution is 2.30. The van der Waals surface area contributed by atoms with E-state index in [1.165, 1.54) is 14.0 Å². The molecule has 0 aromatic carbocycles. The Morgan fingerprint density at radius 1 is 1.56 bits per heavy atom. The lowest BCUT2D eigenvalue weighted by molar-refractivity contribution is -0.144. The molecule has 0 radical (unpaired) electrons. The van der Waals surface area contributed by atoms with E-state index in [0.717, 1.165) is 4.90 Å². The number of hydrogen-bond donors (Lipinski definition) is 1. The van der Waals surface area contributed by atoms with Crippen LogP contribution in [0.4, 0.5) is 18.3 Å². The second kappa shape index (κ2) is 4.24. The Kier molecular flexibility index (Phi) is 3.36. The van der Waals surface area contributed by atoms with Gasteiger partial charge >= 0.3 is 12.1 Å². The summed E-state index contributed by atoms with van der Waals surface area (Å²) in [4.78, 5) is 15.0. The van der Waals surface area contributed by atoms with E-state index < -0.39 is 24.0 Å². The molecule has 0 saturated carbocycles. The third-order valence-electron chi connectivity index (χ3n) is 1.91. The Bertz CT molecular complexity index is 392. The molecular weight excluding hydrogens is 247 g/mol. The highest BCUT2D eigenvalue weighted by atomic mass is 32.1. The zero-order valence-corrected chi connectivity index (χ0v) is 9.13. The van der Waals surface area contributed by atoms with Gasteiger partial charge in [-0.3, -0.25) is 0 Å². The number of aliphatic carboxylic acids is 1. The summed E-state index contributed by atoms with van der Waals surface area (Å²) in [5.41, 5.74) is 0. The molecule has 9 heteroatoms. The van der Waals surface area contributed by atoms with Crippen molar-refractivity contribution in [1.82, 2.24) is 9.36 Å². The Balaban J connectivity index is 2.90. The summed E-state index contributed by atoms with van der Waals surface area (Å²) >= 11 is 0.512. The molecule has 0 aliphatic carbocycles. The molecule has 1 unspecified atom stereocenters. The average Bonchev–Trinajstić information content (AvgIpc) is 2.63. The third kappa shape index (κ3) is 2.60. The molecule has 0 bridgehead atoms. The van der Waals surface area contributed by atoms with Gasteiger partial charge in [0.2, 0.25) is 11.0 Å². The van der Waals surface area contributed by atoms with E-state index in [1.807, 2.05) is 0 Å². The van der Waals surface area contributed by atoms with Gasteiger partial charge in [-0.2, -0.15) is 22.5 Å². The molecule has 1 aromatic heterocycles. The molecular formula is C7H8F3N3O2S. The van der Waals surface area contributed by atoms with Crippen LogP contribution in [0, 0.1) is 0 Å². The second-order valence-electron chi connectivity index (χ2n) is 3.02. The van der Waals surface area contributed by atoms with Crippen molar-refractivity contribution in [2.45, 2.75) is 19.1 Å². The van der Waals surface area contributed by atoms with Gasteiger partial charge in [0.25, 0.3) is 0 Å². The van der Waals surface area contributed by atoms with Gasteiger partial charge in [-0.25, -0.2) is 4.79 Å². The third-order valence-corrected chi connectivity index (χ3v) is 2.72. The SMILES string of the molecule is CC(C(=O)O)N(C)c1nc(C(F)(F)F)ns1. The predicted molar refractivity (Wildman–Crippen MR) is 50.4 cm³/mol. The monoisotopic (exact) mass is 255 g/mol.